The molecule has 0 atom stereocenters. The van der Waals surface area contributed by atoms with Gasteiger partial charge in [-0.3, -0.25) is 4.79 Å². The zero-order valence-electron chi connectivity index (χ0n) is 11.2. The van der Waals surface area contributed by atoms with Crippen LogP contribution in [0.25, 0.3) is 0 Å². The Hall–Kier alpha value is -0.650. The molecule has 0 radical (unpaired) electrons. The third-order valence-electron chi connectivity index (χ3n) is 3.87. The van der Waals surface area contributed by atoms with Gasteiger partial charge in [-0.25, -0.2) is 0 Å². The number of nitrogens with two attached hydrogens (primary N) is 1. The van der Waals surface area contributed by atoms with Gasteiger partial charge in [0.1, 0.15) is 0 Å². The van der Waals surface area contributed by atoms with Crippen LogP contribution >= 0.6 is 0 Å². The highest BCUT2D eigenvalue weighted by atomic mass is 16.5. The van der Waals surface area contributed by atoms with Crippen molar-refractivity contribution in [3.63, 3.8) is 0 Å². The zero-order chi connectivity index (χ0) is 13.0. The first kappa shape index (κ1) is 13.8. The molecule has 0 spiro atoms. The van der Waals surface area contributed by atoms with Gasteiger partial charge in [0.25, 0.3) is 0 Å². The lowest BCUT2D eigenvalue weighted by atomic mass is 9.88. The number of hydrogen-bond donors (Lipinski definition) is 2. The molecule has 2 aliphatic rings. The Morgan fingerprint density at radius 3 is 2.56 bits per heavy atom. The van der Waals surface area contributed by atoms with Crippen LogP contribution in [0.15, 0.2) is 0 Å². The molecule has 3 N–H and O–H groups in total. The van der Waals surface area contributed by atoms with E-state index in [2.05, 4.69) is 10.2 Å². The number of ether oxygens (including phenoxy) is 1. The number of amides is 1. The van der Waals surface area contributed by atoms with E-state index in [-0.39, 0.29) is 5.91 Å². The summed E-state index contributed by atoms with van der Waals surface area (Å²) in [6.45, 7) is 5.52. The number of nitrogens with one attached hydrogen (secondary N) is 1. The van der Waals surface area contributed by atoms with Gasteiger partial charge in [-0.05, 0) is 25.7 Å². The van der Waals surface area contributed by atoms with E-state index >= 15 is 0 Å². The normalized spacial score (nSPS) is 29.9. The van der Waals surface area contributed by atoms with E-state index in [0.717, 1.165) is 51.9 Å². The third-order valence-corrected chi connectivity index (χ3v) is 3.87. The summed E-state index contributed by atoms with van der Waals surface area (Å²) in [5.41, 5.74) is 5.55. The molecule has 0 aromatic carbocycles. The minimum absolute atomic E-state index is 0.0635. The first-order chi connectivity index (χ1) is 8.67. The van der Waals surface area contributed by atoms with E-state index in [1.54, 1.807) is 6.92 Å². The fourth-order valence-corrected chi connectivity index (χ4v) is 2.81. The Kier molecular flexibility index (Phi) is 4.97. The maximum atomic E-state index is 10.9. The highest BCUT2D eigenvalue weighted by Gasteiger charge is 2.33. The van der Waals surface area contributed by atoms with Gasteiger partial charge in [-0.1, -0.05) is 0 Å². The van der Waals surface area contributed by atoms with Gasteiger partial charge < -0.3 is 20.7 Å². The largest absolute Gasteiger partial charge is 0.375 e. The number of hydrogen-bond acceptors (Lipinski definition) is 4. The lowest BCUT2D eigenvalue weighted by Gasteiger charge is -2.40. The van der Waals surface area contributed by atoms with Crippen LogP contribution in [0.4, 0.5) is 0 Å². The van der Waals surface area contributed by atoms with Gasteiger partial charge in [0.05, 0.1) is 12.2 Å². The summed E-state index contributed by atoms with van der Waals surface area (Å²) in [5, 5.41) is 2.93. The molecule has 1 aliphatic heterocycles. The van der Waals surface area contributed by atoms with Crippen LogP contribution in [0.3, 0.4) is 0 Å². The summed E-state index contributed by atoms with van der Waals surface area (Å²) in [6, 6.07) is 0.338. The zero-order valence-corrected chi connectivity index (χ0v) is 11.2. The maximum absolute atomic E-state index is 10.9. The van der Waals surface area contributed by atoms with E-state index < -0.39 is 0 Å². The van der Waals surface area contributed by atoms with E-state index in [1.165, 1.54) is 0 Å². The number of rotatable bonds is 5. The molecule has 2 fully saturated rings. The average molecular weight is 255 g/mol. The molecule has 1 amide bonds. The summed E-state index contributed by atoms with van der Waals surface area (Å²) >= 11 is 0. The summed E-state index contributed by atoms with van der Waals surface area (Å²) in [5.74, 6) is 0.0635. The quantitative estimate of drug-likeness (QED) is 0.731. The maximum Gasteiger partial charge on any atom is 0.217 e. The van der Waals surface area contributed by atoms with Crippen LogP contribution in [0.1, 0.15) is 32.6 Å². The molecule has 5 heteroatoms. The van der Waals surface area contributed by atoms with E-state index in [4.69, 9.17) is 10.5 Å². The molecule has 1 saturated heterocycles. The molecule has 0 unspecified atom stereocenters. The van der Waals surface area contributed by atoms with Gasteiger partial charge in [-0.2, -0.15) is 0 Å². The molecule has 0 aromatic heterocycles. The monoisotopic (exact) mass is 255 g/mol. The topological polar surface area (TPSA) is 67.6 Å². The van der Waals surface area contributed by atoms with Crippen molar-refractivity contribution in [3.05, 3.63) is 0 Å². The lowest BCUT2D eigenvalue weighted by molar-refractivity contribution is -0.123. The Bertz CT molecular complexity index is 271. The molecule has 1 aliphatic carbocycles. The molecular formula is C13H25N3O2. The van der Waals surface area contributed by atoms with Crippen LogP contribution in [-0.4, -0.2) is 55.2 Å². The molecule has 2 rings (SSSR count). The Balaban J connectivity index is 1.58. The highest BCUT2D eigenvalue weighted by Crippen LogP contribution is 2.27. The summed E-state index contributed by atoms with van der Waals surface area (Å²) in [6.07, 6.45) is 4.93. The van der Waals surface area contributed by atoms with Crippen molar-refractivity contribution in [1.82, 2.24) is 10.2 Å². The van der Waals surface area contributed by atoms with Crippen LogP contribution < -0.4 is 11.1 Å². The van der Waals surface area contributed by atoms with Gasteiger partial charge >= 0.3 is 0 Å². The molecule has 0 bridgehead atoms. The smallest absolute Gasteiger partial charge is 0.217 e. The fourth-order valence-electron chi connectivity index (χ4n) is 2.81. The summed E-state index contributed by atoms with van der Waals surface area (Å²) in [7, 11) is 0. The highest BCUT2D eigenvalue weighted by molar-refractivity contribution is 5.73. The third kappa shape index (κ3) is 3.93. The molecule has 0 aromatic rings. The van der Waals surface area contributed by atoms with Crippen molar-refractivity contribution < 1.29 is 9.53 Å². The summed E-state index contributed by atoms with van der Waals surface area (Å²) < 4.78 is 6.06. The van der Waals surface area contributed by atoms with Gasteiger partial charge in [0.15, 0.2) is 0 Å². The van der Waals surface area contributed by atoms with Crippen LogP contribution in [0.5, 0.6) is 0 Å². The number of nitrogens with zero attached hydrogens (tertiary/aromatic N) is 1. The second-order valence-electron chi connectivity index (χ2n) is 5.46. The van der Waals surface area contributed by atoms with Gasteiger partial charge in [0.2, 0.25) is 5.91 Å². The Labute approximate surface area is 109 Å². The van der Waals surface area contributed by atoms with Crippen molar-refractivity contribution in [2.75, 3.05) is 26.2 Å². The number of piperidine rings is 1. The minimum Gasteiger partial charge on any atom is -0.375 e. The van der Waals surface area contributed by atoms with Crippen LogP contribution in [0, 0.1) is 0 Å². The Morgan fingerprint density at radius 1 is 1.33 bits per heavy atom. The van der Waals surface area contributed by atoms with E-state index in [0.29, 0.717) is 18.2 Å². The van der Waals surface area contributed by atoms with Crippen molar-refractivity contribution in [2.24, 2.45) is 5.73 Å². The summed E-state index contributed by atoms with van der Waals surface area (Å²) in [4.78, 5) is 13.3. The first-order valence-corrected chi connectivity index (χ1v) is 7.02. The molecule has 1 heterocycles. The number of likely N-dealkylation sites (tertiary alicyclic amines) is 1. The second kappa shape index (κ2) is 6.50. The van der Waals surface area contributed by atoms with Crippen molar-refractivity contribution in [2.45, 2.75) is 50.9 Å². The fraction of sp³-hybridized carbons (Fsp3) is 0.923. The molecule has 5 nitrogen and oxygen atoms in total. The Morgan fingerprint density at radius 2 is 2.00 bits per heavy atom. The predicted molar refractivity (Wildman–Crippen MR) is 70.2 cm³/mol. The SMILES string of the molecule is CC(=O)NC1CC(OC2CCN(CCN)CC2)C1. The van der Waals surface area contributed by atoms with E-state index in [9.17, 15) is 4.79 Å². The van der Waals surface area contributed by atoms with Crippen LogP contribution in [-0.2, 0) is 9.53 Å². The number of carbonyl (C=O) groups is 1. The molecule has 1 saturated carbocycles. The van der Waals surface area contributed by atoms with E-state index in [1.807, 2.05) is 0 Å². The lowest BCUT2D eigenvalue weighted by Crippen LogP contribution is -2.49. The first-order valence-electron chi connectivity index (χ1n) is 7.02. The standard InChI is InChI=1S/C13H25N3O2/c1-10(17)15-11-8-13(9-11)18-12-2-5-16(6-3-12)7-4-14/h11-13H,2-9,14H2,1H3,(H,15,17). The van der Waals surface area contributed by atoms with Gasteiger partial charge in [-0.15, -0.1) is 0 Å². The van der Waals surface area contributed by atoms with Crippen LogP contribution in [0.2, 0.25) is 0 Å². The second-order valence-corrected chi connectivity index (χ2v) is 5.46. The molecular weight excluding hydrogens is 230 g/mol. The van der Waals surface area contributed by atoms with Gasteiger partial charge in [0, 0.05) is 39.1 Å². The van der Waals surface area contributed by atoms with Crippen molar-refractivity contribution in [1.29, 1.82) is 0 Å². The molecule has 18 heavy (non-hydrogen) atoms. The molecule has 104 valence electrons. The number of carbonyl (C=O) groups excluding carboxylic acids is 1. The average Bonchev–Trinajstić information content (AvgIpc) is 2.28. The predicted octanol–water partition coefficient (Wildman–Crippen LogP) is 0.0932. The minimum atomic E-state index is 0.0635. The van der Waals surface area contributed by atoms with Crippen molar-refractivity contribution in [3.8, 4) is 0 Å². The van der Waals surface area contributed by atoms with Crippen molar-refractivity contribution >= 4 is 5.91 Å².